The van der Waals surface area contributed by atoms with Crippen LogP contribution in [0.25, 0.3) is 22.1 Å². The molecule has 1 aliphatic carbocycles. The zero-order chi connectivity index (χ0) is 25.0. The number of carboxylic acid groups (broad SMARTS) is 1. The van der Waals surface area contributed by atoms with Crippen molar-refractivity contribution >= 4 is 33.7 Å². The number of para-hydroxylation sites is 1. The highest BCUT2D eigenvalue weighted by atomic mass is 19.1. The molecule has 0 spiro atoms. The Morgan fingerprint density at radius 2 is 1.92 bits per heavy atom. The van der Waals surface area contributed by atoms with Crippen LogP contribution in [0.15, 0.2) is 59.4 Å². The molecule has 0 saturated heterocycles. The molecule has 2 N–H and O–H groups in total. The molecule has 0 radical (unpaired) electrons. The monoisotopic (exact) mass is 483 g/mol. The Balaban J connectivity index is 1.41. The van der Waals surface area contributed by atoms with Crippen LogP contribution in [0, 0.1) is 12.7 Å². The van der Waals surface area contributed by atoms with Crippen molar-refractivity contribution in [1.82, 2.24) is 20.2 Å². The Hall–Kier alpha value is -4.40. The number of halogens is 1. The van der Waals surface area contributed by atoms with Gasteiger partial charge in [-0.2, -0.15) is 5.10 Å². The third-order valence-corrected chi connectivity index (χ3v) is 6.71. The first-order valence-electron chi connectivity index (χ1n) is 11.7. The summed E-state index contributed by atoms with van der Waals surface area (Å²) in [7, 11) is 0. The molecule has 9 heteroatoms. The van der Waals surface area contributed by atoms with Crippen molar-refractivity contribution in [3.8, 4) is 0 Å². The lowest BCUT2D eigenvalue weighted by molar-refractivity contribution is 0.0698. The predicted octanol–water partition coefficient (Wildman–Crippen LogP) is 5.76. The minimum absolute atomic E-state index is 0.0699. The maximum Gasteiger partial charge on any atom is 0.337 e. The molecule has 1 saturated carbocycles. The van der Waals surface area contributed by atoms with Gasteiger partial charge in [0.1, 0.15) is 16.9 Å². The topological polar surface area (TPSA) is 114 Å². The van der Waals surface area contributed by atoms with Gasteiger partial charge in [-0.05, 0) is 49.9 Å². The number of anilines is 1. The number of aryl methyl sites for hydroxylation is 1. The average Bonchev–Trinajstić information content (AvgIpc) is 3.57. The van der Waals surface area contributed by atoms with Crippen LogP contribution < -0.4 is 5.32 Å². The molecule has 1 unspecified atom stereocenters. The van der Waals surface area contributed by atoms with E-state index in [0.29, 0.717) is 28.2 Å². The zero-order valence-corrected chi connectivity index (χ0v) is 19.6. The maximum absolute atomic E-state index is 13.3. The van der Waals surface area contributed by atoms with Gasteiger partial charge in [0.25, 0.3) is 0 Å². The summed E-state index contributed by atoms with van der Waals surface area (Å²) in [5.74, 6) is -0.670. The molecule has 3 atom stereocenters. The van der Waals surface area contributed by atoms with Gasteiger partial charge in [0.05, 0.1) is 30.2 Å². The Morgan fingerprint density at radius 3 is 2.69 bits per heavy atom. The van der Waals surface area contributed by atoms with Gasteiger partial charge in [0.2, 0.25) is 0 Å². The van der Waals surface area contributed by atoms with Crippen molar-refractivity contribution in [2.75, 3.05) is 5.32 Å². The summed E-state index contributed by atoms with van der Waals surface area (Å²) >= 11 is 0. The second-order valence-electron chi connectivity index (χ2n) is 9.24. The quantitative estimate of drug-likeness (QED) is 0.314. The largest absolute Gasteiger partial charge is 0.478 e. The highest BCUT2D eigenvalue weighted by molar-refractivity contribution is 6.05. The number of furan rings is 1. The van der Waals surface area contributed by atoms with Gasteiger partial charge in [-0.25, -0.2) is 19.2 Å². The minimum Gasteiger partial charge on any atom is -0.478 e. The Morgan fingerprint density at radius 1 is 1.14 bits per heavy atom. The fraction of sp³-hybridized carbons (Fsp3) is 0.222. The lowest BCUT2D eigenvalue weighted by Crippen LogP contribution is -2.11. The summed E-state index contributed by atoms with van der Waals surface area (Å²) in [6.45, 7) is 3.97. The summed E-state index contributed by atoms with van der Waals surface area (Å²) in [4.78, 5) is 20.0. The van der Waals surface area contributed by atoms with Crippen LogP contribution in [0.3, 0.4) is 0 Å². The van der Waals surface area contributed by atoms with Gasteiger partial charge in [-0.3, -0.25) is 0 Å². The molecule has 0 amide bonds. The van der Waals surface area contributed by atoms with Crippen LogP contribution in [0.1, 0.15) is 64.1 Å². The van der Waals surface area contributed by atoms with Crippen molar-refractivity contribution in [3.63, 3.8) is 0 Å². The number of nitrogens with one attached hydrogen (secondary N) is 1. The third kappa shape index (κ3) is 3.73. The van der Waals surface area contributed by atoms with E-state index in [4.69, 9.17) is 4.42 Å². The van der Waals surface area contributed by atoms with Gasteiger partial charge >= 0.3 is 5.97 Å². The summed E-state index contributed by atoms with van der Waals surface area (Å²) in [6.07, 6.45) is 4.91. The van der Waals surface area contributed by atoms with E-state index in [1.54, 1.807) is 30.5 Å². The molecule has 0 aliphatic heterocycles. The van der Waals surface area contributed by atoms with Crippen molar-refractivity contribution in [3.05, 3.63) is 88.9 Å². The van der Waals surface area contributed by atoms with Crippen LogP contribution in [-0.4, -0.2) is 31.2 Å². The summed E-state index contributed by atoms with van der Waals surface area (Å²) < 4.78 is 19.7. The summed E-state index contributed by atoms with van der Waals surface area (Å²) in [5.41, 5.74) is 5.60. The molecule has 5 aromatic rings. The van der Waals surface area contributed by atoms with E-state index in [-0.39, 0.29) is 23.4 Å². The molecule has 36 heavy (non-hydrogen) atoms. The van der Waals surface area contributed by atoms with Crippen LogP contribution in [0.4, 0.5) is 10.1 Å². The molecular weight excluding hydrogens is 461 g/mol. The van der Waals surface area contributed by atoms with E-state index in [2.05, 4.69) is 25.5 Å². The Bertz CT molecular complexity index is 1630. The first kappa shape index (κ1) is 22.1. The first-order valence-corrected chi connectivity index (χ1v) is 11.7. The number of carbonyl (C=O) groups is 1. The van der Waals surface area contributed by atoms with Crippen LogP contribution in [0.2, 0.25) is 0 Å². The number of carboxylic acids is 1. The van der Waals surface area contributed by atoms with Crippen LogP contribution >= 0.6 is 0 Å². The van der Waals surface area contributed by atoms with Gasteiger partial charge < -0.3 is 14.8 Å². The molecular formula is C27H22FN5O3. The third-order valence-electron chi connectivity index (χ3n) is 6.71. The number of aromatic carboxylic acids is 1. The normalized spacial score (nSPS) is 17.9. The average molecular weight is 484 g/mol. The van der Waals surface area contributed by atoms with Crippen molar-refractivity contribution in [2.24, 2.45) is 0 Å². The maximum atomic E-state index is 13.3. The fourth-order valence-electron chi connectivity index (χ4n) is 4.90. The van der Waals surface area contributed by atoms with Crippen molar-refractivity contribution < 1.29 is 18.7 Å². The second kappa shape index (κ2) is 8.37. The Kier molecular flexibility index (Phi) is 5.13. The molecule has 0 bridgehead atoms. The standard InChI is InChI=1S/C27H22FN5O3/c1-13-7-17(14(2)32-22-6-4-3-5-16(22)27(34)35)24-20(8-13)23-25(36-24)21(12-31-33-23)18-9-19(18)26-29-10-15(28)11-30-26/h3-8,10-12,14,18-19,32H,9H2,1-2H3,(H,34,35)/t14-,18?,19+/m1/s1. The van der Waals surface area contributed by atoms with Crippen molar-refractivity contribution in [2.45, 2.75) is 38.1 Å². The molecule has 2 aromatic carbocycles. The van der Waals surface area contributed by atoms with E-state index < -0.39 is 11.8 Å². The number of nitrogens with zero attached hydrogens (tertiary/aromatic N) is 4. The van der Waals surface area contributed by atoms with Crippen molar-refractivity contribution in [1.29, 1.82) is 0 Å². The lowest BCUT2D eigenvalue weighted by Gasteiger charge is -2.18. The molecule has 3 heterocycles. The number of rotatable bonds is 6. The zero-order valence-electron chi connectivity index (χ0n) is 19.6. The van der Waals surface area contributed by atoms with E-state index in [0.717, 1.165) is 28.5 Å². The van der Waals surface area contributed by atoms with E-state index >= 15 is 0 Å². The van der Waals surface area contributed by atoms with Gasteiger partial charge in [-0.15, -0.1) is 5.10 Å². The molecule has 180 valence electrons. The molecule has 8 nitrogen and oxygen atoms in total. The number of fused-ring (bicyclic) bond motifs is 3. The molecule has 1 aliphatic rings. The smallest absolute Gasteiger partial charge is 0.337 e. The number of hydrogen-bond acceptors (Lipinski definition) is 7. The minimum atomic E-state index is -0.993. The molecule has 6 rings (SSSR count). The predicted molar refractivity (Wildman–Crippen MR) is 132 cm³/mol. The first-order chi connectivity index (χ1) is 17.4. The summed E-state index contributed by atoms with van der Waals surface area (Å²) in [5, 5.41) is 22.4. The summed E-state index contributed by atoms with van der Waals surface area (Å²) in [6, 6.07) is 10.6. The van der Waals surface area contributed by atoms with Crippen LogP contribution in [-0.2, 0) is 0 Å². The van der Waals surface area contributed by atoms with Crippen LogP contribution in [0.5, 0.6) is 0 Å². The van der Waals surface area contributed by atoms with E-state index in [1.807, 2.05) is 26.0 Å². The molecule has 3 aromatic heterocycles. The number of hydrogen-bond donors (Lipinski definition) is 2. The van der Waals surface area contributed by atoms with E-state index in [9.17, 15) is 14.3 Å². The lowest BCUT2D eigenvalue weighted by atomic mass is 10.0. The SMILES string of the molecule is Cc1cc([C@@H](C)Nc2ccccc2C(=O)O)c2oc3c(C4C[C@@H]4c4ncc(F)cn4)cnnc3c2c1. The molecule has 1 fully saturated rings. The highest BCUT2D eigenvalue weighted by Crippen LogP contribution is 2.55. The van der Waals surface area contributed by atoms with Gasteiger partial charge in [0, 0.05) is 28.1 Å². The number of aromatic nitrogens is 4. The second-order valence-corrected chi connectivity index (χ2v) is 9.24. The highest BCUT2D eigenvalue weighted by Gasteiger charge is 2.44. The fourth-order valence-corrected chi connectivity index (χ4v) is 4.90. The Labute approximate surface area is 205 Å². The van der Waals surface area contributed by atoms with Gasteiger partial charge in [-0.1, -0.05) is 18.2 Å². The van der Waals surface area contributed by atoms with Gasteiger partial charge in [0.15, 0.2) is 11.4 Å². The number of benzene rings is 2. The van der Waals surface area contributed by atoms with E-state index in [1.165, 1.54) is 12.4 Å².